The molecule has 1 aromatic carbocycles. The van der Waals surface area contributed by atoms with E-state index in [0.717, 1.165) is 23.5 Å². The van der Waals surface area contributed by atoms with Gasteiger partial charge in [-0.3, -0.25) is 10.1 Å². The normalized spacial score (nSPS) is 16.7. The molecule has 0 unspecified atom stereocenters. The lowest BCUT2D eigenvalue weighted by Gasteiger charge is -2.21. The maximum absolute atomic E-state index is 10.8. The second-order valence-corrected chi connectivity index (χ2v) is 6.24. The highest BCUT2D eigenvalue weighted by atomic mass is 32.2. The summed E-state index contributed by atoms with van der Waals surface area (Å²) in [6.45, 7) is 0. The van der Waals surface area contributed by atoms with Gasteiger partial charge in [0.15, 0.2) is 0 Å². The van der Waals surface area contributed by atoms with Crippen LogP contribution in [0.25, 0.3) is 0 Å². The molecule has 2 rings (SSSR count). The Morgan fingerprint density at radius 3 is 2.65 bits per heavy atom. The maximum atomic E-state index is 10.8. The zero-order valence-electron chi connectivity index (χ0n) is 8.87. The highest BCUT2D eigenvalue weighted by molar-refractivity contribution is 8.16. The van der Waals surface area contributed by atoms with Crippen molar-refractivity contribution in [2.24, 2.45) is 5.18 Å². The number of hydrogen-bond donors (Lipinski definition) is 0. The van der Waals surface area contributed by atoms with Crippen LogP contribution in [0.15, 0.2) is 23.4 Å². The standard InChI is InChI=1S/C10H10N2O3S2/c13-11-9-6-7(12(14)15)2-3-8(9)10-16-4-1-5-17-10/h2-3,6,10H,1,4-5H2. The number of rotatable bonds is 3. The van der Waals surface area contributed by atoms with Crippen molar-refractivity contribution in [3.63, 3.8) is 0 Å². The Kier molecular flexibility index (Phi) is 4.01. The molecule has 0 radical (unpaired) electrons. The Balaban J connectivity index is 2.33. The highest BCUT2D eigenvalue weighted by Gasteiger charge is 2.22. The lowest BCUT2D eigenvalue weighted by molar-refractivity contribution is -0.384. The van der Waals surface area contributed by atoms with Crippen molar-refractivity contribution in [2.45, 2.75) is 11.0 Å². The first-order chi connectivity index (χ1) is 8.22. The molecule has 0 spiro atoms. The lowest BCUT2D eigenvalue weighted by Crippen LogP contribution is -2.00. The zero-order valence-corrected chi connectivity index (χ0v) is 10.5. The van der Waals surface area contributed by atoms with Crippen LogP contribution >= 0.6 is 23.5 Å². The molecule has 0 bridgehead atoms. The number of nitroso groups, excluding NO2 is 1. The third kappa shape index (κ3) is 2.78. The summed E-state index contributed by atoms with van der Waals surface area (Å²) in [5.74, 6) is 2.10. The van der Waals surface area contributed by atoms with Crippen LogP contribution in [0.5, 0.6) is 0 Å². The molecule has 0 N–H and O–H groups in total. The fraction of sp³-hybridized carbons (Fsp3) is 0.400. The summed E-state index contributed by atoms with van der Waals surface area (Å²) < 4.78 is 0.164. The van der Waals surface area contributed by atoms with E-state index < -0.39 is 4.92 Å². The molecule has 90 valence electrons. The first-order valence-electron chi connectivity index (χ1n) is 5.07. The third-order valence-electron chi connectivity index (χ3n) is 2.40. The minimum absolute atomic E-state index is 0.0887. The van der Waals surface area contributed by atoms with Gasteiger partial charge in [-0.2, -0.15) is 0 Å². The molecule has 17 heavy (non-hydrogen) atoms. The Hall–Kier alpha value is -1.08. The van der Waals surface area contributed by atoms with Crippen LogP contribution < -0.4 is 0 Å². The molecule has 0 aromatic heterocycles. The molecule has 0 saturated carbocycles. The number of nitro benzene ring substituents is 1. The monoisotopic (exact) mass is 270 g/mol. The van der Waals surface area contributed by atoms with E-state index in [2.05, 4.69) is 5.18 Å². The van der Waals surface area contributed by atoms with Gasteiger partial charge in [0.05, 0.1) is 9.51 Å². The van der Waals surface area contributed by atoms with E-state index in [4.69, 9.17) is 0 Å². The van der Waals surface area contributed by atoms with Gasteiger partial charge in [0.1, 0.15) is 5.69 Å². The smallest absolute Gasteiger partial charge is 0.258 e. The Labute approximate surface area is 106 Å². The third-order valence-corrected chi connectivity index (χ3v) is 5.38. The molecular formula is C10H10N2O3S2. The van der Waals surface area contributed by atoms with Crippen LogP contribution in [0.3, 0.4) is 0 Å². The van der Waals surface area contributed by atoms with E-state index in [9.17, 15) is 15.0 Å². The Morgan fingerprint density at radius 2 is 2.06 bits per heavy atom. The van der Waals surface area contributed by atoms with Crippen LogP contribution in [0, 0.1) is 15.0 Å². The van der Waals surface area contributed by atoms with Crippen LogP contribution in [0.2, 0.25) is 0 Å². The van der Waals surface area contributed by atoms with E-state index in [-0.39, 0.29) is 16.0 Å². The Morgan fingerprint density at radius 1 is 1.35 bits per heavy atom. The molecule has 0 amide bonds. The van der Waals surface area contributed by atoms with Gasteiger partial charge in [0, 0.05) is 17.7 Å². The van der Waals surface area contributed by atoms with Crippen LogP contribution in [-0.2, 0) is 0 Å². The second-order valence-electron chi connectivity index (χ2n) is 3.52. The predicted octanol–water partition coefficient (Wildman–Crippen LogP) is 3.86. The topological polar surface area (TPSA) is 72.6 Å². The average molecular weight is 270 g/mol. The SMILES string of the molecule is O=Nc1cc([N+](=O)[O-])ccc1C1SCCCS1. The molecule has 5 nitrogen and oxygen atoms in total. The summed E-state index contributed by atoms with van der Waals surface area (Å²) in [5, 5.41) is 13.5. The summed E-state index contributed by atoms with van der Waals surface area (Å²) >= 11 is 3.51. The first kappa shape index (κ1) is 12.4. The van der Waals surface area contributed by atoms with Crippen molar-refractivity contribution in [1.82, 2.24) is 0 Å². The van der Waals surface area contributed by atoms with Gasteiger partial charge in [-0.05, 0) is 29.2 Å². The van der Waals surface area contributed by atoms with E-state index in [1.54, 1.807) is 29.6 Å². The number of hydrogen-bond acceptors (Lipinski definition) is 6. The van der Waals surface area contributed by atoms with E-state index in [0.29, 0.717) is 0 Å². The van der Waals surface area contributed by atoms with Crippen molar-refractivity contribution in [3.05, 3.63) is 38.8 Å². The van der Waals surface area contributed by atoms with Gasteiger partial charge in [0.2, 0.25) is 0 Å². The van der Waals surface area contributed by atoms with E-state index in [1.807, 2.05) is 0 Å². The van der Waals surface area contributed by atoms with Crippen LogP contribution in [0.1, 0.15) is 16.6 Å². The predicted molar refractivity (Wildman–Crippen MR) is 70.8 cm³/mol. The van der Waals surface area contributed by atoms with Gasteiger partial charge < -0.3 is 0 Å². The minimum atomic E-state index is -0.514. The van der Waals surface area contributed by atoms with Gasteiger partial charge in [-0.25, -0.2) is 0 Å². The van der Waals surface area contributed by atoms with Crippen molar-refractivity contribution in [2.75, 3.05) is 11.5 Å². The van der Waals surface area contributed by atoms with Crippen molar-refractivity contribution in [1.29, 1.82) is 0 Å². The number of nitro groups is 1. The summed E-state index contributed by atoms with van der Waals surface area (Å²) in [6.07, 6.45) is 1.16. The lowest BCUT2D eigenvalue weighted by atomic mass is 10.2. The molecule has 7 heteroatoms. The van der Waals surface area contributed by atoms with Gasteiger partial charge in [-0.15, -0.1) is 28.4 Å². The minimum Gasteiger partial charge on any atom is -0.258 e. The molecule has 0 atom stereocenters. The number of nitrogens with zero attached hydrogens (tertiary/aromatic N) is 2. The molecule has 1 heterocycles. The molecular weight excluding hydrogens is 260 g/mol. The summed E-state index contributed by atoms with van der Waals surface area (Å²) in [6, 6.07) is 4.32. The van der Waals surface area contributed by atoms with Gasteiger partial charge in [0.25, 0.3) is 5.69 Å². The summed E-state index contributed by atoms with van der Waals surface area (Å²) in [7, 11) is 0. The average Bonchev–Trinajstić information content (AvgIpc) is 2.39. The van der Waals surface area contributed by atoms with Crippen LogP contribution in [-0.4, -0.2) is 16.4 Å². The summed E-state index contributed by atoms with van der Waals surface area (Å²) in [5.41, 5.74) is 0.889. The number of non-ortho nitro benzene ring substituents is 1. The van der Waals surface area contributed by atoms with Crippen molar-refractivity contribution >= 4 is 34.9 Å². The number of thioether (sulfide) groups is 2. The summed E-state index contributed by atoms with van der Waals surface area (Å²) in [4.78, 5) is 20.8. The van der Waals surface area contributed by atoms with Gasteiger partial charge in [-0.1, -0.05) is 0 Å². The molecule has 0 aliphatic carbocycles. The second kappa shape index (κ2) is 5.50. The maximum Gasteiger partial charge on any atom is 0.271 e. The first-order valence-corrected chi connectivity index (χ1v) is 7.17. The largest absolute Gasteiger partial charge is 0.271 e. The molecule has 1 aliphatic heterocycles. The Bertz CT molecular complexity index is 447. The van der Waals surface area contributed by atoms with Gasteiger partial charge >= 0.3 is 0 Å². The van der Waals surface area contributed by atoms with Crippen LogP contribution in [0.4, 0.5) is 11.4 Å². The van der Waals surface area contributed by atoms with Crippen molar-refractivity contribution < 1.29 is 4.92 Å². The molecule has 1 saturated heterocycles. The number of benzene rings is 1. The fourth-order valence-electron chi connectivity index (χ4n) is 1.59. The van der Waals surface area contributed by atoms with E-state index in [1.165, 1.54) is 12.1 Å². The zero-order chi connectivity index (χ0) is 12.3. The fourth-order valence-corrected chi connectivity index (χ4v) is 4.54. The highest BCUT2D eigenvalue weighted by Crippen LogP contribution is 2.47. The quantitative estimate of drug-likeness (QED) is 0.473. The molecule has 1 fully saturated rings. The molecule has 1 aliphatic rings. The van der Waals surface area contributed by atoms with Crippen molar-refractivity contribution in [3.8, 4) is 0 Å². The van der Waals surface area contributed by atoms with E-state index >= 15 is 0 Å². The molecule has 1 aromatic rings.